The lowest BCUT2D eigenvalue weighted by Crippen LogP contribution is -2.19. The van der Waals surface area contributed by atoms with E-state index < -0.39 is 0 Å². The average molecular weight is 158 g/mol. The van der Waals surface area contributed by atoms with Crippen molar-refractivity contribution in [3.63, 3.8) is 0 Å². The van der Waals surface area contributed by atoms with Crippen molar-refractivity contribution in [1.29, 1.82) is 0 Å². The molecule has 0 aliphatic rings. The second-order valence-corrected chi connectivity index (χ2v) is 3.14. The van der Waals surface area contributed by atoms with E-state index in [1.807, 2.05) is 27.7 Å². The first-order chi connectivity index (χ1) is 5.07. The summed E-state index contributed by atoms with van der Waals surface area (Å²) in [5.41, 5.74) is 0. The molecule has 0 fully saturated rings. The summed E-state index contributed by atoms with van der Waals surface area (Å²) < 4.78 is 5.18. The predicted molar refractivity (Wildman–Crippen MR) is 45.6 cm³/mol. The Morgan fingerprint density at radius 2 is 1.91 bits per heavy atom. The standard InChI is InChI=1S/C9H18O2/c1-5-8(4)9(10)6-11-7(2)3/h7-8H,5-6H2,1-4H3. The highest BCUT2D eigenvalue weighted by atomic mass is 16.5. The molecule has 0 amide bonds. The van der Waals surface area contributed by atoms with Crippen LogP contribution < -0.4 is 0 Å². The first-order valence-corrected chi connectivity index (χ1v) is 4.22. The Balaban J connectivity index is 3.52. The zero-order chi connectivity index (χ0) is 8.85. The third-order valence-electron chi connectivity index (χ3n) is 1.72. The van der Waals surface area contributed by atoms with Crippen LogP contribution in [0, 0.1) is 5.92 Å². The van der Waals surface area contributed by atoms with Gasteiger partial charge in [-0.25, -0.2) is 0 Å². The summed E-state index contributed by atoms with van der Waals surface area (Å²) in [7, 11) is 0. The summed E-state index contributed by atoms with van der Waals surface area (Å²) in [6.07, 6.45) is 1.06. The molecule has 0 aliphatic carbocycles. The van der Waals surface area contributed by atoms with Crippen molar-refractivity contribution in [2.24, 2.45) is 5.92 Å². The van der Waals surface area contributed by atoms with Crippen LogP contribution >= 0.6 is 0 Å². The minimum atomic E-state index is 0.147. The van der Waals surface area contributed by atoms with E-state index in [-0.39, 0.29) is 24.4 Å². The SMILES string of the molecule is CCC(C)C(=O)COC(C)C. The quantitative estimate of drug-likeness (QED) is 0.612. The molecule has 0 spiro atoms. The molecule has 0 rings (SSSR count). The number of carbonyl (C=O) groups excluding carboxylic acids is 1. The minimum Gasteiger partial charge on any atom is -0.371 e. The molecule has 0 radical (unpaired) electrons. The molecule has 0 aliphatic heterocycles. The van der Waals surface area contributed by atoms with Crippen molar-refractivity contribution in [2.75, 3.05) is 6.61 Å². The Hall–Kier alpha value is -0.370. The van der Waals surface area contributed by atoms with E-state index in [9.17, 15) is 4.79 Å². The fraction of sp³-hybridized carbons (Fsp3) is 0.889. The van der Waals surface area contributed by atoms with Gasteiger partial charge in [0.15, 0.2) is 5.78 Å². The second kappa shape index (κ2) is 5.30. The van der Waals surface area contributed by atoms with Crippen LogP contribution in [0.25, 0.3) is 0 Å². The largest absolute Gasteiger partial charge is 0.371 e. The Morgan fingerprint density at radius 3 is 2.27 bits per heavy atom. The van der Waals surface area contributed by atoms with Gasteiger partial charge in [-0.05, 0) is 20.3 Å². The van der Waals surface area contributed by atoms with Crippen LogP contribution in [-0.4, -0.2) is 18.5 Å². The van der Waals surface area contributed by atoms with Gasteiger partial charge in [-0.1, -0.05) is 13.8 Å². The molecule has 0 aromatic carbocycles. The van der Waals surface area contributed by atoms with E-state index in [0.29, 0.717) is 0 Å². The van der Waals surface area contributed by atoms with Crippen LogP contribution in [0.5, 0.6) is 0 Å². The smallest absolute Gasteiger partial charge is 0.161 e. The van der Waals surface area contributed by atoms with Crippen LogP contribution in [0.1, 0.15) is 34.1 Å². The topological polar surface area (TPSA) is 26.3 Å². The first-order valence-electron chi connectivity index (χ1n) is 4.22. The molecule has 1 unspecified atom stereocenters. The maximum atomic E-state index is 11.2. The third kappa shape index (κ3) is 4.96. The molecule has 66 valence electrons. The number of rotatable bonds is 5. The fourth-order valence-electron chi connectivity index (χ4n) is 0.619. The number of ether oxygens (including phenoxy) is 1. The van der Waals surface area contributed by atoms with Crippen LogP contribution in [0.2, 0.25) is 0 Å². The van der Waals surface area contributed by atoms with Gasteiger partial charge >= 0.3 is 0 Å². The monoisotopic (exact) mass is 158 g/mol. The maximum absolute atomic E-state index is 11.2. The molecule has 0 heterocycles. The molecular formula is C9H18O2. The molecule has 2 heteroatoms. The van der Waals surface area contributed by atoms with Gasteiger partial charge in [0.1, 0.15) is 6.61 Å². The van der Waals surface area contributed by atoms with Crippen molar-refractivity contribution in [1.82, 2.24) is 0 Å². The van der Waals surface area contributed by atoms with E-state index in [0.717, 1.165) is 6.42 Å². The molecule has 0 bridgehead atoms. The minimum absolute atomic E-state index is 0.147. The summed E-state index contributed by atoms with van der Waals surface area (Å²) in [6, 6.07) is 0. The number of Topliss-reactive ketones (excluding diaryl/α,β-unsaturated/α-hetero) is 1. The number of hydrogen-bond donors (Lipinski definition) is 0. The summed E-state index contributed by atoms with van der Waals surface area (Å²) in [5, 5.41) is 0. The molecule has 1 atom stereocenters. The summed E-state index contributed by atoms with van der Waals surface area (Å²) in [4.78, 5) is 11.2. The first kappa shape index (κ1) is 10.6. The maximum Gasteiger partial charge on any atom is 0.161 e. The highest BCUT2D eigenvalue weighted by Gasteiger charge is 2.10. The summed E-state index contributed by atoms with van der Waals surface area (Å²) in [5.74, 6) is 0.356. The lowest BCUT2D eigenvalue weighted by Gasteiger charge is -2.09. The third-order valence-corrected chi connectivity index (χ3v) is 1.72. The van der Waals surface area contributed by atoms with Crippen molar-refractivity contribution in [2.45, 2.75) is 40.2 Å². The van der Waals surface area contributed by atoms with E-state index in [1.54, 1.807) is 0 Å². The zero-order valence-corrected chi connectivity index (χ0v) is 7.89. The Kier molecular flexibility index (Phi) is 5.12. The molecule has 0 saturated heterocycles. The van der Waals surface area contributed by atoms with Gasteiger partial charge in [-0.2, -0.15) is 0 Å². The predicted octanol–water partition coefficient (Wildman–Crippen LogP) is 2.03. The Morgan fingerprint density at radius 1 is 1.36 bits per heavy atom. The van der Waals surface area contributed by atoms with Crippen molar-refractivity contribution < 1.29 is 9.53 Å². The van der Waals surface area contributed by atoms with E-state index in [4.69, 9.17) is 4.74 Å². The zero-order valence-electron chi connectivity index (χ0n) is 7.89. The molecule has 0 N–H and O–H groups in total. The second-order valence-electron chi connectivity index (χ2n) is 3.14. The van der Waals surface area contributed by atoms with E-state index >= 15 is 0 Å². The van der Waals surface area contributed by atoms with Gasteiger partial charge in [0.25, 0.3) is 0 Å². The van der Waals surface area contributed by atoms with Crippen molar-refractivity contribution in [3.05, 3.63) is 0 Å². The lowest BCUT2D eigenvalue weighted by atomic mass is 10.0. The van der Waals surface area contributed by atoms with Crippen LogP contribution in [-0.2, 0) is 9.53 Å². The number of ketones is 1. The van der Waals surface area contributed by atoms with Gasteiger partial charge < -0.3 is 4.74 Å². The molecule has 0 aromatic heterocycles. The summed E-state index contributed by atoms with van der Waals surface area (Å²) >= 11 is 0. The number of hydrogen-bond acceptors (Lipinski definition) is 2. The van der Waals surface area contributed by atoms with Crippen LogP contribution in [0.3, 0.4) is 0 Å². The van der Waals surface area contributed by atoms with Crippen molar-refractivity contribution >= 4 is 5.78 Å². The fourth-order valence-corrected chi connectivity index (χ4v) is 0.619. The van der Waals surface area contributed by atoms with E-state index in [1.165, 1.54) is 0 Å². The van der Waals surface area contributed by atoms with Crippen molar-refractivity contribution in [3.8, 4) is 0 Å². The Labute approximate surface area is 68.9 Å². The average Bonchev–Trinajstić information content (AvgIpc) is 1.98. The van der Waals surface area contributed by atoms with Gasteiger partial charge in [-0.3, -0.25) is 4.79 Å². The summed E-state index contributed by atoms with van der Waals surface area (Å²) in [6.45, 7) is 8.09. The molecule has 0 aromatic rings. The Bertz CT molecular complexity index is 119. The lowest BCUT2D eigenvalue weighted by molar-refractivity contribution is -0.128. The highest BCUT2D eigenvalue weighted by molar-refractivity contribution is 5.81. The van der Waals surface area contributed by atoms with Crippen LogP contribution in [0.4, 0.5) is 0 Å². The molecular weight excluding hydrogens is 140 g/mol. The molecule has 0 saturated carbocycles. The number of carbonyl (C=O) groups is 1. The normalized spacial score (nSPS) is 13.5. The van der Waals surface area contributed by atoms with Gasteiger partial charge in [0.2, 0.25) is 0 Å². The van der Waals surface area contributed by atoms with Gasteiger partial charge in [-0.15, -0.1) is 0 Å². The molecule has 2 nitrogen and oxygen atoms in total. The van der Waals surface area contributed by atoms with Gasteiger partial charge in [0.05, 0.1) is 6.10 Å². The molecule has 11 heavy (non-hydrogen) atoms. The van der Waals surface area contributed by atoms with E-state index in [2.05, 4.69) is 0 Å². The van der Waals surface area contributed by atoms with Crippen LogP contribution in [0.15, 0.2) is 0 Å². The van der Waals surface area contributed by atoms with Gasteiger partial charge in [0, 0.05) is 5.92 Å². The highest BCUT2D eigenvalue weighted by Crippen LogP contribution is 2.02.